The first-order valence-corrected chi connectivity index (χ1v) is 9.72. The molecule has 0 bridgehead atoms. The van der Waals surface area contributed by atoms with Crippen molar-refractivity contribution in [2.75, 3.05) is 14.1 Å². The van der Waals surface area contributed by atoms with Crippen molar-refractivity contribution in [1.82, 2.24) is 4.90 Å². The number of benzene rings is 2. The van der Waals surface area contributed by atoms with Crippen LogP contribution in [-0.2, 0) is 16.0 Å². The van der Waals surface area contributed by atoms with Gasteiger partial charge in [-0.3, -0.25) is 9.59 Å². The fourth-order valence-electron chi connectivity index (χ4n) is 2.73. The number of carbonyl (C=O) groups is 3. The second-order valence-corrected chi connectivity index (χ2v) is 7.04. The molecule has 0 heterocycles. The number of unbranched alkanes of at least 4 members (excludes halogenated alkanes) is 1. The predicted octanol–water partition coefficient (Wildman–Crippen LogP) is 3.87. The summed E-state index contributed by atoms with van der Waals surface area (Å²) in [6.07, 6.45) is 5.89. The maximum absolute atomic E-state index is 12.5. The normalized spacial score (nSPS) is 11.5. The predicted molar refractivity (Wildman–Crippen MR) is 118 cm³/mol. The Balaban J connectivity index is 2.03. The Bertz CT molecular complexity index is 947. The molecule has 0 unspecified atom stereocenters. The molecule has 30 heavy (non-hydrogen) atoms. The van der Waals surface area contributed by atoms with Gasteiger partial charge in [-0.05, 0) is 36.1 Å². The minimum Gasteiger partial charge on any atom is -0.477 e. The molecule has 6 nitrogen and oxygen atoms in total. The second-order valence-electron chi connectivity index (χ2n) is 7.04. The first-order chi connectivity index (χ1) is 14.4. The average molecular weight is 406 g/mol. The number of aliphatic carboxylic acids is 1. The Labute approximate surface area is 176 Å². The lowest BCUT2D eigenvalue weighted by molar-refractivity contribution is -0.130. The molecule has 2 amide bonds. The summed E-state index contributed by atoms with van der Waals surface area (Å²) in [5, 5.41) is 9.40. The summed E-state index contributed by atoms with van der Waals surface area (Å²) < 4.78 is 0. The van der Waals surface area contributed by atoms with Gasteiger partial charge in [-0.25, -0.2) is 9.79 Å². The monoisotopic (exact) mass is 406 g/mol. The van der Waals surface area contributed by atoms with Crippen molar-refractivity contribution in [3.05, 3.63) is 77.4 Å². The molecule has 0 spiro atoms. The van der Waals surface area contributed by atoms with Gasteiger partial charge in [-0.2, -0.15) is 0 Å². The van der Waals surface area contributed by atoms with Gasteiger partial charge in [-0.1, -0.05) is 54.6 Å². The first-order valence-electron chi connectivity index (χ1n) is 9.72. The zero-order valence-corrected chi connectivity index (χ0v) is 17.2. The molecule has 0 aliphatic carbocycles. The van der Waals surface area contributed by atoms with Gasteiger partial charge in [-0.15, -0.1) is 0 Å². The minimum absolute atomic E-state index is 0.0766. The lowest BCUT2D eigenvalue weighted by atomic mass is 10.1. The molecule has 0 aromatic heterocycles. The summed E-state index contributed by atoms with van der Waals surface area (Å²) in [5.41, 5.74) is 1.72. The molecule has 6 heteroatoms. The zero-order chi connectivity index (χ0) is 21.9. The highest BCUT2D eigenvalue weighted by Crippen LogP contribution is 2.11. The van der Waals surface area contributed by atoms with E-state index in [-0.39, 0.29) is 18.0 Å². The highest BCUT2D eigenvalue weighted by Gasteiger charge is 2.14. The number of rotatable bonds is 9. The van der Waals surface area contributed by atoms with E-state index < -0.39 is 11.9 Å². The third-order valence-electron chi connectivity index (χ3n) is 4.40. The second kappa shape index (κ2) is 11.5. The van der Waals surface area contributed by atoms with E-state index in [9.17, 15) is 19.5 Å². The van der Waals surface area contributed by atoms with Gasteiger partial charge in [0.2, 0.25) is 5.91 Å². The Morgan fingerprint density at radius 2 is 1.77 bits per heavy atom. The van der Waals surface area contributed by atoms with Gasteiger partial charge in [0.25, 0.3) is 5.91 Å². The quantitative estimate of drug-likeness (QED) is 0.506. The van der Waals surface area contributed by atoms with Crippen molar-refractivity contribution < 1.29 is 19.5 Å². The molecular weight excluding hydrogens is 380 g/mol. The van der Waals surface area contributed by atoms with Crippen LogP contribution in [0.4, 0.5) is 0 Å². The van der Waals surface area contributed by atoms with Crippen LogP contribution in [0.3, 0.4) is 0 Å². The smallest absolute Gasteiger partial charge is 0.350 e. The number of carboxylic acids is 1. The molecule has 0 radical (unpaired) electrons. The molecule has 0 aliphatic heterocycles. The van der Waals surface area contributed by atoms with Gasteiger partial charge in [0, 0.05) is 32.5 Å². The summed E-state index contributed by atoms with van der Waals surface area (Å²) in [5.74, 6) is -1.70. The van der Waals surface area contributed by atoms with Crippen LogP contribution >= 0.6 is 0 Å². The van der Waals surface area contributed by atoms with Crippen molar-refractivity contribution in [3.8, 4) is 0 Å². The summed E-state index contributed by atoms with van der Waals surface area (Å²) in [7, 11) is 3.47. The zero-order valence-electron chi connectivity index (χ0n) is 17.2. The fourth-order valence-corrected chi connectivity index (χ4v) is 2.73. The van der Waals surface area contributed by atoms with Crippen molar-refractivity contribution in [2.24, 2.45) is 4.99 Å². The van der Waals surface area contributed by atoms with E-state index >= 15 is 0 Å². The van der Waals surface area contributed by atoms with Crippen molar-refractivity contribution in [2.45, 2.75) is 25.7 Å². The molecule has 0 saturated heterocycles. The Kier molecular flexibility index (Phi) is 8.69. The molecular formula is C24H26N2O4. The maximum atomic E-state index is 12.5. The van der Waals surface area contributed by atoms with Gasteiger partial charge < -0.3 is 10.0 Å². The van der Waals surface area contributed by atoms with Crippen molar-refractivity contribution in [3.63, 3.8) is 0 Å². The molecule has 2 rings (SSSR count). The number of carbonyl (C=O) groups excluding carboxylic acids is 2. The van der Waals surface area contributed by atoms with E-state index in [1.165, 1.54) is 0 Å². The van der Waals surface area contributed by atoms with Gasteiger partial charge in [0.1, 0.15) is 5.71 Å². The van der Waals surface area contributed by atoms with Crippen molar-refractivity contribution in [1.29, 1.82) is 0 Å². The van der Waals surface area contributed by atoms with Crippen LogP contribution in [0.15, 0.2) is 65.7 Å². The molecule has 2 aromatic rings. The van der Waals surface area contributed by atoms with E-state index in [0.717, 1.165) is 24.0 Å². The van der Waals surface area contributed by atoms with Crippen LogP contribution in [0.25, 0.3) is 6.08 Å². The SMILES string of the molecule is CN(C)C(=O)CCC/C=C\c1cccc(C(=O)N=C(Cc2ccccc2)C(=O)O)c1. The topological polar surface area (TPSA) is 87.0 Å². The number of hydrogen-bond acceptors (Lipinski definition) is 3. The van der Waals surface area contributed by atoms with E-state index in [0.29, 0.717) is 12.0 Å². The Morgan fingerprint density at radius 3 is 2.43 bits per heavy atom. The Morgan fingerprint density at radius 1 is 1.03 bits per heavy atom. The summed E-state index contributed by atoms with van der Waals surface area (Å²) >= 11 is 0. The molecule has 0 fully saturated rings. The van der Waals surface area contributed by atoms with E-state index in [4.69, 9.17) is 0 Å². The van der Waals surface area contributed by atoms with Crippen LogP contribution in [0.5, 0.6) is 0 Å². The number of amides is 2. The molecule has 2 aromatic carbocycles. The molecule has 0 aliphatic rings. The minimum atomic E-state index is -1.21. The molecule has 156 valence electrons. The average Bonchev–Trinajstić information content (AvgIpc) is 2.73. The largest absolute Gasteiger partial charge is 0.477 e. The standard InChI is InChI=1S/C24H26N2O4/c1-26(2)22(27)15-8-4-7-10-18-13-9-14-20(16-18)23(28)25-21(24(29)30)17-19-11-5-3-6-12-19/h3,5-7,9-14,16H,4,8,15,17H2,1-2H3,(H,29,30)/b10-7-,25-21?. The van der Waals surface area contributed by atoms with Gasteiger partial charge in [0.05, 0.1) is 0 Å². The maximum Gasteiger partial charge on any atom is 0.350 e. The highest BCUT2D eigenvalue weighted by atomic mass is 16.4. The fraction of sp³-hybridized carbons (Fsp3) is 0.250. The Hall–Kier alpha value is -3.54. The number of nitrogens with zero attached hydrogens (tertiary/aromatic N) is 2. The van der Waals surface area contributed by atoms with Crippen LogP contribution in [0.1, 0.15) is 40.7 Å². The lowest BCUT2D eigenvalue weighted by Gasteiger charge is -2.08. The molecule has 0 saturated carbocycles. The third-order valence-corrected chi connectivity index (χ3v) is 4.40. The summed E-state index contributed by atoms with van der Waals surface area (Å²) in [4.78, 5) is 41.0. The molecule has 0 atom stereocenters. The summed E-state index contributed by atoms with van der Waals surface area (Å²) in [6.45, 7) is 0. The van der Waals surface area contributed by atoms with Crippen LogP contribution in [0.2, 0.25) is 0 Å². The van der Waals surface area contributed by atoms with Crippen LogP contribution in [-0.4, -0.2) is 47.6 Å². The van der Waals surface area contributed by atoms with E-state index in [2.05, 4.69) is 4.99 Å². The van der Waals surface area contributed by atoms with E-state index in [1.807, 2.05) is 36.4 Å². The summed E-state index contributed by atoms with van der Waals surface area (Å²) in [6, 6.07) is 15.9. The highest BCUT2D eigenvalue weighted by molar-refractivity contribution is 6.38. The van der Waals surface area contributed by atoms with Crippen LogP contribution in [0, 0.1) is 0 Å². The molecule has 1 N–H and O–H groups in total. The van der Waals surface area contributed by atoms with E-state index in [1.54, 1.807) is 49.3 Å². The number of aliphatic imine (C=N–C) groups is 1. The third kappa shape index (κ3) is 7.47. The number of hydrogen-bond donors (Lipinski definition) is 1. The number of allylic oxidation sites excluding steroid dienone is 1. The number of carboxylic acid groups (broad SMARTS) is 1. The van der Waals surface area contributed by atoms with Gasteiger partial charge in [0.15, 0.2) is 0 Å². The van der Waals surface area contributed by atoms with Crippen LogP contribution < -0.4 is 0 Å². The van der Waals surface area contributed by atoms with Crippen molar-refractivity contribution >= 4 is 29.6 Å². The van der Waals surface area contributed by atoms with Gasteiger partial charge >= 0.3 is 5.97 Å². The lowest BCUT2D eigenvalue weighted by Crippen LogP contribution is -2.20. The first kappa shape index (κ1) is 22.7.